The van der Waals surface area contributed by atoms with Gasteiger partial charge in [0.1, 0.15) is 12.7 Å². The highest BCUT2D eigenvalue weighted by Gasteiger charge is 2.38. The Labute approximate surface area is 208 Å². The molecule has 0 spiro atoms. The van der Waals surface area contributed by atoms with E-state index >= 15 is 0 Å². The lowest BCUT2D eigenvalue weighted by molar-refractivity contribution is -0.133. The van der Waals surface area contributed by atoms with Gasteiger partial charge < -0.3 is 4.90 Å². The van der Waals surface area contributed by atoms with Gasteiger partial charge in [0.05, 0.1) is 16.8 Å². The largest absolute Gasteiger partial charge is 0.339 e. The molecule has 3 amide bonds. The normalized spacial score (nSPS) is 19.4. The summed E-state index contributed by atoms with van der Waals surface area (Å²) >= 11 is 0. The van der Waals surface area contributed by atoms with Crippen LogP contribution < -0.4 is 5.43 Å². The molecule has 6 rings (SSSR count). The summed E-state index contributed by atoms with van der Waals surface area (Å²) in [4.78, 5) is 43.3. The third kappa shape index (κ3) is 3.76. The molecule has 3 aromatic carbocycles. The van der Waals surface area contributed by atoms with Crippen molar-refractivity contribution in [3.8, 4) is 0 Å². The summed E-state index contributed by atoms with van der Waals surface area (Å²) in [5.74, 6) is -1.03. The molecule has 3 heterocycles. The van der Waals surface area contributed by atoms with Crippen molar-refractivity contribution in [1.82, 2.24) is 20.1 Å². The fourth-order valence-electron chi connectivity index (χ4n) is 5.15. The van der Waals surface area contributed by atoms with Gasteiger partial charge in [-0.2, -0.15) is 5.10 Å². The van der Waals surface area contributed by atoms with Gasteiger partial charge in [-0.3, -0.25) is 29.6 Å². The molecule has 0 aromatic heterocycles. The minimum absolute atomic E-state index is 0.0952. The molecule has 0 radical (unpaired) electrons. The predicted molar refractivity (Wildman–Crippen MR) is 134 cm³/mol. The number of piperazine rings is 1. The maximum atomic E-state index is 13.0. The Morgan fingerprint density at radius 1 is 0.778 bits per heavy atom. The molecule has 0 saturated carbocycles. The van der Waals surface area contributed by atoms with Gasteiger partial charge in [0, 0.05) is 37.3 Å². The van der Waals surface area contributed by atoms with Gasteiger partial charge in [-0.25, -0.2) is 0 Å². The van der Waals surface area contributed by atoms with Crippen molar-refractivity contribution in [2.24, 2.45) is 5.10 Å². The summed E-state index contributed by atoms with van der Waals surface area (Å²) in [7, 11) is 0. The standard InChI is InChI=1S/C28H25N5O3/c34-24(18-33-27(35)22-12-6-7-13-23(22)28(33)36)31-14-16-32(17-15-31)26-21-11-5-4-10-20(21)25(29-30-26)19-8-2-1-3-9-19/h1-13,26,30H,14-18H2. The van der Waals surface area contributed by atoms with Crippen molar-refractivity contribution in [2.75, 3.05) is 32.7 Å². The molecule has 3 aliphatic rings. The number of carbonyl (C=O) groups is 3. The van der Waals surface area contributed by atoms with Crippen LogP contribution in [0.1, 0.15) is 43.6 Å². The third-order valence-electron chi connectivity index (χ3n) is 7.06. The Morgan fingerprint density at radius 2 is 1.36 bits per heavy atom. The Kier molecular flexibility index (Phi) is 5.58. The average molecular weight is 480 g/mol. The molecule has 3 aliphatic heterocycles. The van der Waals surface area contributed by atoms with Crippen LogP contribution >= 0.6 is 0 Å². The SMILES string of the molecule is O=C(CN1C(=O)c2ccccc2C1=O)N1CCN(C2NN=C(c3ccccc3)c3ccccc32)CC1. The summed E-state index contributed by atoms with van der Waals surface area (Å²) in [5, 5.41) is 4.72. The van der Waals surface area contributed by atoms with Gasteiger partial charge in [-0.15, -0.1) is 0 Å². The van der Waals surface area contributed by atoms with E-state index in [9.17, 15) is 14.4 Å². The van der Waals surface area contributed by atoms with Crippen LogP contribution in [0.4, 0.5) is 0 Å². The molecule has 1 N–H and O–H groups in total. The van der Waals surface area contributed by atoms with E-state index < -0.39 is 11.8 Å². The average Bonchev–Trinajstić information content (AvgIpc) is 3.18. The molecule has 3 aromatic rings. The number of hydrogen-bond acceptors (Lipinski definition) is 6. The van der Waals surface area contributed by atoms with E-state index in [-0.39, 0.29) is 18.6 Å². The van der Waals surface area contributed by atoms with E-state index in [4.69, 9.17) is 5.10 Å². The fraction of sp³-hybridized carbons (Fsp3) is 0.214. The minimum atomic E-state index is -0.405. The summed E-state index contributed by atoms with van der Waals surface area (Å²) < 4.78 is 0. The minimum Gasteiger partial charge on any atom is -0.339 e. The van der Waals surface area contributed by atoms with Crippen LogP contribution in [0, 0.1) is 0 Å². The lowest BCUT2D eigenvalue weighted by Gasteiger charge is -2.41. The van der Waals surface area contributed by atoms with Crippen LogP contribution in [-0.2, 0) is 4.79 Å². The third-order valence-corrected chi connectivity index (χ3v) is 7.06. The zero-order chi connectivity index (χ0) is 24.6. The highest BCUT2D eigenvalue weighted by molar-refractivity contribution is 6.22. The molecule has 1 atom stereocenters. The zero-order valence-corrected chi connectivity index (χ0v) is 19.6. The molecule has 0 aliphatic carbocycles. The van der Waals surface area contributed by atoms with Gasteiger partial charge >= 0.3 is 0 Å². The molecule has 1 unspecified atom stereocenters. The maximum absolute atomic E-state index is 13.0. The van der Waals surface area contributed by atoms with E-state index in [1.807, 2.05) is 30.3 Å². The van der Waals surface area contributed by atoms with E-state index in [0.717, 1.165) is 27.3 Å². The molecule has 36 heavy (non-hydrogen) atoms. The number of nitrogens with zero attached hydrogens (tertiary/aromatic N) is 4. The van der Waals surface area contributed by atoms with Crippen LogP contribution in [0.3, 0.4) is 0 Å². The Hall–Kier alpha value is -4.30. The molecular weight excluding hydrogens is 454 g/mol. The van der Waals surface area contributed by atoms with Crippen molar-refractivity contribution in [2.45, 2.75) is 6.17 Å². The highest BCUT2D eigenvalue weighted by Crippen LogP contribution is 2.29. The quantitative estimate of drug-likeness (QED) is 0.582. The lowest BCUT2D eigenvalue weighted by Crippen LogP contribution is -2.54. The van der Waals surface area contributed by atoms with Gasteiger partial charge in [-0.05, 0) is 17.7 Å². The molecule has 0 bridgehead atoms. The summed E-state index contributed by atoms with van der Waals surface area (Å²) in [6, 6.07) is 25.1. The van der Waals surface area contributed by atoms with E-state index in [1.165, 1.54) is 0 Å². The number of rotatable bonds is 4. The number of carbonyl (C=O) groups excluding carboxylic acids is 3. The molecule has 8 heteroatoms. The molecule has 8 nitrogen and oxygen atoms in total. The predicted octanol–water partition coefficient (Wildman–Crippen LogP) is 2.48. The highest BCUT2D eigenvalue weighted by atomic mass is 16.2. The Bertz CT molecular complexity index is 1340. The smallest absolute Gasteiger partial charge is 0.262 e. The Balaban J connectivity index is 1.12. The number of nitrogens with one attached hydrogen (secondary N) is 1. The van der Waals surface area contributed by atoms with E-state index in [0.29, 0.717) is 37.3 Å². The second-order valence-electron chi connectivity index (χ2n) is 9.10. The second-order valence-corrected chi connectivity index (χ2v) is 9.10. The number of hydrogen-bond donors (Lipinski definition) is 1. The fourth-order valence-corrected chi connectivity index (χ4v) is 5.15. The van der Waals surface area contributed by atoms with Gasteiger partial charge in [0.15, 0.2) is 0 Å². The van der Waals surface area contributed by atoms with E-state index in [1.54, 1.807) is 29.2 Å². The van der Waals surface area contributed by atoms with Crippen LogP contribution in [-0.4, -0.2) is 70.9 Å². The number of hydrazone groups is 1. The van der Waals surface area contributed by atoms with Crippen molar-refractivity contribution in [1.29, 1.82) is 0 Å². The molecule has 1 saturated heterocycles. The number of amides is 3. The molecular formula is C28H25N5O3. The van der Waals surface area contributed by atoms with Crippen LogP contribution in [0.5, 0.6) is 0 Å². The van der Waals surface area contributed by atoms with Crippen LogP contribution in [0.25, 0.3) is 0 Å². The van der Waals surface area contributed by atoms with Gasteiger partial charge in [-0.1, -0.05) is 66.7 Å². The summed E-state index contributed by atoms with van der Waals surface area (Å²) in [6.07, 6.45) is -0.0952. The zero-order valence-electron chi connectivity index (χ0n) is 19.6. The van der Waals surface area contributed by atoms with Crippen molar-refractivity contribution < 1.29 is 14.4 Å². The monoisotopic (exact) mass is 479 g/mol. The second kappa shape index (κ2) is 9.05. The number of benzene rings is 3. The van der Waals surface area contributed by atoms with Crippen molar-refractivity contribution in [3.63, 3.8) is 0 Å². The van der Waals surface area contributed by atoms with Gasteiger partial charge in [0.25, 0.3) is 11.8 Å². The van der Waals surface area contributed by atoms with E-state index in [2.05, 4.69) is 34.6 Å². The van der Waals surface area contributed by atoms with Crippen molar-refractivity contribution >= 4 is 23.4 Å². The first kappa shape index (κ1) is 22.2. The number of fused-ring (bicyclic) bond motifs is 2. The molecule has 180 valence electrons. The van der Waals surface area contributed by atoms with Gasteiger partial charge in [0.2, 0.25) is 5.91 Å². The van der Waals surface area contributed by atoms with Crippen LogP contribution in [0.2, 0.25) is 0 Å². The Morgan fingerprint density at radius 3 is 2.03 bits per heavy atom. The first-order valence-electron chi connectivity index (χ1n) is 12.1. The lowest BCUT2D eigenvalue weighted by atomic mass is 9.94. The number of imide groups is 1. The first-order chi connectivity index (χ1) is 17.6. The topological polar surface area (TPSA) is 85.3 Å². The molecule has 1 fully saturated rings. The van der Waals surface area contributed by atoms with Crippen molar-refractivity contribution in [3.05, 3.63) is 107 Å². The summed E-state index contributed by atoms with van der Waals surface area (Å²) in [5.41, 5.74) is 8.26. The first-order valence-corrected chi connectivity index (χ1v) is 12.1. The maximum Gasteiger partial charge on any atom is 0.262 e. The van der Waals surface area contributed by atoms with Crippen LogP contribution in [0.15, 0.2) is 84.0 Å². The summed E-state index contributed by atoms with van der Waals surface area (Å²) in [6.45, 7) is 2.09.